The number of piperidine rings is 1. The van der Waals surface area contributed by atoms with Gasteiger partial charge in [0.15, 0.2) is 0 Å². The molecule has 37 heavy (non-hydrogen) atoms. The second-order valence-electron chi connectivity index (χ2n) is 11.6. The summed E-state index contributed by atoms with van der Waals surface area (Å²) < 4.78 is 11.1. The topological polar surface area (TPSA) is 106 Å². The van der Waals surface area contributed by atoms with Crippen molar-refractivity contribution in [1.29, 1.82) is 0 Å². The predicted octanol–water partition coefficient (Wildman–Crippen LogP) is 3.83. The first-order valence-electron chi connectivity index (χ1n) is 14.3. The number of carbonyl (C=O) groups is 1. The third-order valence-corrected chi connectivity index (χ3v) is 7.84. The van der Waals surface area contributed by atoms with Crippen molar-refractivity contribution in [2.45, 2.75) is 91.3 Å². The van der Waals surface area contributed by atoms with Crippen LogP contribution in [-0.4, -0.2) is 62.6 Å². The van der Waals surface area contributed by atoms with Gasteiger partial charge in [0.05, 0.1) is 12.7 Å². The van der Waals surface area contributed by atoms with Crippen molar-refractivity contribution in [3.05, 3.63) is 29.3 Å². The lowest BCUT2D eigenvalue weighted by Crippen LogP contribution is -2.47. The average Bonchev–Trinajstić information content (AvgIpc) is 2.86. The summed E-state index contributed by atoms with van der Waals surface area (Å²) in [7, 11) is 1.70. The van der Waals surface area contributed by atoms with E-state index in [-0.39, 0.29) is 29.8 Å². The molecular weight excluding hydrogens is 466 g/mol. The molecule has 1 aromatic carbocycles. The molecule has 0 aromatic heterocycles. The smallest absolute Gasteiger partial charge is 0.223 e. The molecular formula is C30H53N3O4. The summed E-state index contributed by atoms with van der Waals surface area (Å²) in [5.74, 6) is 1.58. The van der Waals surface area contributed by atoms with Crippen LogP contribution >= 0.6 is 0 Å². The van der Waals surface area contributed by atoms with Gasteiger partial charge in [-0.2, -0.15) is 0 Å². The number of hydrogen-bond acceptors (Lipinski definition) is 6. The molecule has 5 N–H and O–H groups in total. The molecule has 7 heteroatoms. The molecule has 0 saturated carbocycles. The molecule has 1 amide bonds. The number of amides is 1. The molecule has 1 saturated heterocycles. The lowest BCUT2D eigenvalue weighted by molar-refractivity contribution is -0.128. The first kappa shape index (κ1) is 31.5. The van der Waals surface area contributed by atoms with Crippen LogP contribution < -0.4 is 21.1 Å². The molecule has 0 spiro atoms. The highest BCUT2D eigenvalue weighted by atomic mass is 16.5. The Morgan fingerprint density at radius 2 is 1.84 bits per heavy atom. The predicted molar refractivity (Wildman–Crippen MR) is 151 cm³/mol. The number of aryl methyl sites for hydroxylation is 1. The monoisotopic (exact) mass is 519 g/mol. The Morgan fingerprint density at radius 3 is 2.46 bits per heavy atom. The van der Waals surface area contributed by atoms with E-state index in [0.717, 1.165) is 50.1 Å². The van der Waals surface area contributed by atoms with Crippen LogP contribution in [0.1, 0.15) is 70.9 Å². The van der Waals surface area contributed by atoms with Gasteiger partial charge in [0.1, 0.15) is 5.75 Å². The van der Waals surface area contributed by atoms with E-state index in [2.05, 4.69) is 49.6 Å². The molecule has 1 fully saturated rings. The second-order valence-corrected chi connectivity index (χ2v) is 11.6. The number of rotatable bonds is 16. The lowest BCUT2D eigenvalue weighted by Gasteiger charge is -2.31. The van der Waals surface area contributed by atoms with Crippen LogP contribution in [0.2, 0.25) is 0 Å². The van der Waals surface area contributed by atoms with Crippen molar-refractivity contribution in [2.24, 2.45) is 29.4 Å². The van der Waals surface area contributed by atoms with E-state index in [1.165, 1.54) is 5.56 Å². The Hall–Kier alpha value is -1.67. The van der Waals surface area contributed by atoms with Crippen LogP contribution in [0.15, 0.2) is 18.2 Å². The van der Waals surface area contributed by atoms with E-state index in [4.69, 9.17) is 15.2 Å². The highest BCUT2D eigenvalue weighted by molar-refractivity contribution is 5.79. The van der Waals surface area contributed by atoms with E-state index < -0.39 is 6.10 Å². The fourth-order valence-corrected chi connectivity index (χ4v) is 5.10. The average molecular weight is 520 g/mol. The summed E-state index contributed by atoms with van der Waals surface area (Å²) >= 11 is 0. The summed E-state index contributed by atoms with van der Waals surface area (Å²) in [6.07, 6.45) is 4.01. The fourth-order valence-electron chi connectivity index (χ4n) is 5.10. The molecule has 2 rings (SSSR count). The van der Waals surface area contributed by atoms with E-state index in [1.54, 1.807) is 7.11 Å². The Balaban J connectivity index is 1.97. The number of aliphatic hydroxyl groups is 1. The molecule has 0 radical (unpaired) electrons. The quantitative estimate of drug-likeness (QED) is 0.247. The normalized spacial score (nSPS) is 18.0. The standard InChI is InChI=1S/C30H53N3O4/c1-20(2)24(16-23-9-8-22(5)29(17-23)37-15-7-14-36-6)18-27(31)28(34)19-26(21(3)4)30(35)33-25-10-12-32-13-11-25/h8-9,17,20-21,24-28,32,34H,7,10-16,18-19,31H2,1-6H3,(H,33,35). The molecule has 1 aliphatic heterocycles. The highest BCUT2D eigenvalue weighted by Crippen LogP contribution is 2.28. The van der Waals surface area contributed by atoms with Crippen molar-refractivity contribution >= 4 is 5.91 Å². The highest BCUT2D eigenvalue weighted by Gasteiger charge is 2.31. The fraction of sp³-hybridized carbons (Fsp3) is 0.767. The van der Waals surface area contributed by atoms with Gasteiger partial charge < -0.3 is 30.9 Å². The maximum absolute atomic E-state index is 13.1. The number of nitrogens with one attached hydrogen (secondary N) is 2. The molecule has 7 nitrogen and oxygen atoms in total. The third-order valence-electron chi connectivity index (χ3n) is 7.84. The summed E-state index contributed by atoms with van der Waals surface area (Å²) in [5, 5.41) is 17.6. The first-order valence-corrected chi connectivity index (χ1v) is 14.3. The Labute approximate surface area is 225 Å². The second kappa shape index (κ2) is 16.3. The van der Waals surface area contributed by atoms with Crippen LogP contribution in [0.25, 0.3) is 0 Å². The zero-order chi connectivity index (χ0) is 27.4. The molecule has 4 atom stereocenters. The molecule has 212 valence electrons. The van der Waals surface area contributed by atoms with E-state index in [1.807, 2.05) is 13.8 Å². The van der Waals surface area contributed by atoms with Crippen molar-refractivity contribution < 1.29 is 19.4 Å². The van der Waals surface area contributed by atoms with Gasteiger partial charge in [-0.15, -0.1) is 0 Å². The SMILES string of the molecule is COCCCOc1cc(CC(CC(N)C(O)CC(C(=O)NC2CCNCC2)C(C)C)C(C)C)ccc1C. The van der Waals surface area contributed by atoms with Crippen LogP contribution in [0.5, 0.6) is 5.75 Å². The molecule has 0 aliphatic carbocycles. The maximum Gasteiger partial charge on any atom is 0.223 e. The molecule has 0 bridgehead atoms. The van der Waals surface area contributed by atoms with Gasteiger partial charge in [-0.3, -0.25) is 4.79 Å². The molecule has 1 aromatic rings. The summed E-state index contributed by atoms with van der Waals surface area (Å²) in [4.78, 5) is 13.1. The minimum Gasteiger partial charge on any atom is -0.493 e. The van der Waals surface area contributed by atoms with Crippen molar-refractivity contribution in [2.75, 3.05) is 33.4 Å². The van der Waals surface area contributed by atoms with Crippen LogP contribution in [0.4, 0.5) is 0 Å². The molecule has 1 aliphatic rings. The van der Waals surface area contributed by atoms with E-state index >= 15 is 0 Å². The zero-order valence-electron chi connectivity index (χ0n) is 24.1. The first-order chi connectivity index (χ1) is 17.6. The number of hydrogen-bond donors (Lipinski definition) is 4. The van der Waals surface area contributed by atoms with Gasteiger partial charge in [-0.25, -0.2) is 0 Å². The number of ether oxygens (including phenoxy) is 2. The summed E-state index contributed by atoms with van der Waals surface area (Å²) in [6.45, 7) is 13.8. The minimum atomic E-state index is -0.717. The Morgan fingerprint density at radius 1 is 1.14 bits per heavy atom. The van der Waals surface area contributed by atoms with E-state index in [0.29, 0.717) is 37.9 Å². The van der Waals surface area contributed by atoms with Crippen molar-refractivity contribution in [3.8, 4) is 5.75 Å². The summed E-state index contributed by atoms with van der Waals surface area (Å²) in [5.41, 5.74) is 8.90. The molecule has 4 unspecified atom stereocenters. The summed E-state index contributed by atoms with van der Waals surface area (Å²) in [6, 6.07) is 6.25. The van der Waals surface area contributed by atoms with Crippen LogP contribution in [0.3, 0.4) is 0 Å². The van der Waals surface area contributed by atoms with Crippen LogP contribution in [-0.2, 0) is 16.0 Å². The number of aliphatic hydroxyl groups excluding tert-OH is 1. The number of benzene rings is 1. The maximum atomic E-state index is 13.1. The van der Waals surface area contributed by atoms with Crippen LogP contribution in [0, 0.1) is 30.6 Å². The number of nitrogens with two attached hydrogens (primary N) is 1. The lowest BCUT2D eigenvalue weighted by atomic mass is 9.80. The Kier molecular flexibility index (Phi) is 13.9. The number of methoxy groups -OCH3 is 1. The van der Waals surface area contributed by atoms with Gasteiger partial charge in [0, 0.05) is 38.1 Å². The van der Waals surface area contributed by atoms with E-state index in [9.17, 15) is 9.90 Å². The van der Waals surface area contributed by atoms with Crippen molar-refractivity contribution in [3.63, 3.8) is 0 Å². The third kappa shape index (κ3) is 10.9. The van der Waals surface area contributed by atoms with Gasteiger partial charge in [-0.05, 0) is 87.1 Å². The van der Waals surface area contributed by atoms with Gasteiger partial charge >= 0.3 is 0 Å². The largest absolute Gasteiger partial charge is 0.493 e. The minimum absolute atomic E-state index is 0.0474. The van der Waals surface area contributed by atoms with Gasteiger partial charge in [-0.1, -0.05) is 39.8 Å². The number of carbonyl (C=O) groups excluding carboxylic acids is 1. The molecule has 1 heterocycles. The van der Waals surface area contributed by atoms with Crippen molar-refractivity contribution in [1.82, 2.24) is 10.6 Å². The Bertz CT molecular complexity index is 795. The van der Waals surface area contributed by atoms with Gasteiger partial charge in [0.2, 0.25) is 5.91 Å². The zero-order valence-corrected chi connectivity index (χ0v) is 24.1. The van der Waals surface area contributed by atoms with Gasteiger partial charge in [0.25, 0.3) is 0 Å².